The number of hydrogen-bond acceptors (Lipinski definition) is 8. The van der Waals surface area contributed by atoms with Crippen LogP contribution in [0.3, 0.4) is 0 Å². The highest BCUT2D eigenvalue weighted by molar-refractivity contribution is 7.86. The fraction of sp³-hybridized carbons (Fsp3) is 0.444. The van der Waals surface area contributed by atoms with Gasteiger partial charge in [0.1, 0.15) is 0 Å². The largest absolute Gasteiger partial charge is 0.304 e. The van der Waals surface area contributed by atoms with Crippen LogP contribution < -0.4 is 0 Å². The summed E-state index contributed by atoms with van der Waals surface area (Å²) in [7, 11) is -9.90. The first-order valence-corrected chi connectivity index (χ1v) is 12.5. The number of nitrogens with zero attached hydrogens (tertiary/aromatic N) is 2. The van der Waals surface area contributed by atoms with Crippen molar-refractivity contribution < 1.29 is 43.8 Å². The van der Waals surface area contributed by atoms with Crippen LogP contribution in [0, 0.1) is 0 Å². The van der Waals surface area contributed by atoms with E-state index in [1.165, 1.54) is 6.42 Å². The smallest absolute Gasteiger partial charge is 0.274 e. The van der Waals surface area contributed by atoms with Crippen molar-refractivity contribution in [3.05, 3.63) is 34.4 Å². The lowest BCUT2D eigenvalue weighted by atomic mass is 9.97. The standard InChI is InChI=1S/C15H12F2N2O8S2.C3H8/c16-28(24,25)3-1-18-12(20)8-5-9(13(18)21)7-11-10(6-8)14(22)19(15(11)23)2-4-29(17,26)27;1-3-2/h6-7H,1-5H2;3H2,1-2H3. The molecule has 32 heavy (non-hydrogen) atoms. The minimum Gasteiger partial charge on any atom is -0.274 e. The van der Waals surface area contributed by atoms with E-state index in [0.717, 1.165) is 12.2 Å². The van der Waals surface area contributed by atoms with E-state index in [9.17, 15) is 43.8 Å². The van der Waals surface area contributed by atoms with Crippen LogP contribution in [-0.2, 0) is 39.6 Å². The highest BCUT2D eigenvalue weighted by atomic mass is 32.3. The molecule has 176 valence electrons. The normalized spacial score (nSPS) is 18.8. The van der Waals surface area contributed by atoms with Gasteiger partial charge in [0.2, 0.25) is 0 Å². The van der Waals surface area contributed by atoms with Gasteiger partial charge in [-0.1, -0.05) is 20.3 Å². The Bertz CT molecular complexity index is 1130. The molecule has 10 nitrogen and oxygen atoms in total. The molecule has 0 N–H and O–H groups in total. The summed E-state index contributed by atoms with van der Waals surface area (Å²) in [5.41, 5.74) is -0.786. The monoisotopic (exact) mass is 494 g/mol. The Hall–Kier alpha value is -2.74. The molecule has 4 amide bonds. The molecular weight excluding hydrogens is 474 g/mol. The van der Waals surface area contributed by atoms with E-state index in [0.29, 0.717) is 9.80 Å². The van der Waals surface area contributed by atoms with Crippen LogP contribution in [0.2, 0.25) is 0 Å². The van der Waals surface area contributed by atoms with E-state index in [2.05, 4.69) is 13.8 Å². The van der Waals surface area contributed by atoms with Crippen molar-refractivity contribution in [1.82, 2.24) is 9.80 Å². The Morgan fingerprint density at radius 3 is 1.34 bits per heavy atom. The molecule has 14 heteroatoms. The van der Waals surface area contributed by atoms with Gasteiger partial charge in [-0.25, -0.2) is 0 Å². The van der Waals surface area contributed by atoms with Gasteiger partial charge in [0.15, 0.2) is 0 Å². The van der Waals surface area contributed by atoms with E-state index >= 15 is 0 Å². The van der Waals surface area contributed by atoms with Gasteiger partial charge in [-0.05, 0) is 12.2 Å². The van der Waals surface area contributed by atoms with Crippen LogP contribution in [0.4, 0.5) is 7.77 Å². The molecule has 3 aliphatic rings. The second-order valence-electron chi connectivity index (χ2n) is 7.06. The van der Waals surface area contributed by atoms with Crippen molar-refractivity contribution in [1.29, 1.82) is 0 Å². The van der Waals surface area contributed by atoms with E-state index in [1.54, 1.807) is 0 Å². The van der Waals surface area contributed by atoms with E-state index in [-0.39, 0.29) is 28.7 Å². The Morgan fingerprint density at radius 1 is 0.719 bits per heavy atom. The van der Waals surface area contributed by atoms with Crippen molar-refractivity contribution in [2.24, 2.45) is 0 Å². The maximum absolute atomic E-state index is 12.8. The molecule has 0 radical (unpaired) electrons. The molecule has 1 saturated heterocycles. The fourth-order valence-corrected chi connectivity index (χ4v) is 3.87. The molecule has 0 spiro atoms. The zero-order chi connectivity index (χ0) is 24.4. The Balaban J connectivity index is 0.00000114. The van der Waals surface area contributed by atoms with Crippen molar-refractivity contribution in [2.45, 2.75) is 26.7 Å². The Kier molecular flexibility index (Phi) is 7.50. The lowest BCUT2D eigenvalue weighted by Crippen LogP contribution is -2.45. The molecule has 1 fully saturated rings. The third kappa shape index (κ3) is 5.73. The molecule has 0 aromatic carbocycles. The quantitative estimate of drug-likeness (QED) is 0.379. The van der Waals surface area contributed by atoms with E-state index < -0.39 is 68.7 Å². The van der Waals surface area contributed by atoms with Gasteiger partial charge in [-0.2, -0.15) is 16.8 Å². The molecule has 2 aliphatic heterocycles. The lowest BCUT2D eigenvalue weighted by molar-refractivity contribution is -0.141. The van der Waals surface area contributed by atoms with Crippen LogP contribution >= 0.6 is 0 Å². The number of amides is 4. The van der Waals surface area contributed by atoms with Gasteiger partial charge >= 0.3 is 20.4 Å². The highest BCUT2D eigenvalue weighted by Crippen LogP contribution is 2.34. The molecule has 0 unspecified atom stereocenters. The molecule has 0 atom stereocenters. The summed E-state index contributed by atoms with van der Waals surface area (Å²) >= 11 is 0. The third-order valence-electron chi connectivity index (χ3n) is 4.42. The Labute approximate surface area is 183 Å². The summed E-state index contributed by atoms with van der Waals surface area (Å²) in [6.07, 6.45) is 3.09. The minimum absolute atomic E-state index is 0.113. The molecular formula is C18H20F2N2O8S2. The van der Waals surface area contributed by atoms with Crippen LogP contribution in [0.1, 0.15) is 26.7 Å². The molecule has 0 aromatic heterocycles. The maximum Gasteiger partial charge on any atom is 0.304 e. The second kappa shape index (κ2) is 9.40. The van der Waals surface area contributed by atoms with Gasteiger partial charge in [0.05, 0.1) is 22.7 Å². The second-order valence-corrected chi connectivity index (χ2v) is 10.0. The summed E-state index contributed by atoms with van der Waals surface area (Å²) in [6.45, 7) is 2.75. The molecule has 2 heterocycles. The topological polar surface area (TPSA) is 143 Å². The number of halogens is 2. The maximum atomic E-state index is 12.8. The zero-order valence-electron chi connectivity index (χ0n) is 17.1. The molecule has 0 aromatic rings. The van der Waals surface area contributed by atoms with Crippen LogP contribution in [-0.4, -0.2) is 74.9 Å². The van der Waals surface area contributed by atoms with Crippen molar-refractivity contribution >= 4 is 44.1 Å². The van der Waals surface area contributed by atoms with Gasteiger partial charge in [0, 0.05) is 30.7 Å². The summed E-state index contributed by atoms with van der Waals surface area (Å²) in [4.78, 5) is 50.8. The predicted molar refractivity (Wildman–Crippen MR) is 107 cm³/mol. The molecule has 3 rings (SSSR count). The van der Waals surface area contributed by atoms with Gasteiger partial charge < -0.3 is 0 Å². The van der Waals surface area contributed by atoms with Gasteiger partial charge in [-0.3, -0.25) is 29.0 Å². The summed E-state index contributed by atoms with van der Waals surface area (Å²) < 4.78 is 68.3. The first-order valence-electron chi connectivity index (χ1n) is 9.42. The van der Waals surface area contributed by atoms with E-state index in [4.69, 9.17) is 0 Å². The first kappa shape index (κ1) is 25.5. The highest BCUT2D eigenvalue weighted by Gasteiger charge is 2.42. The van der Waals surface area contributed by atoms with Crippen LogP contribution in [0.25, 0.3) is 0 Å². The average molecular weight is 494 g/mol. The number of rotatable bonds is 6. The SMILES string of the molecule is CCC.O=C1C2=CC3=C(C=C(C2)C(=O)N1CCS(=O)(=O)F)C(=O)N(CCS(=O)(=O)F)C3=O. The summed E-state index contributed by atoms with van der Waals surface area (Å²) in [6, 6.07) is 0. The fourth-order valence-electron chi connectivity index (χ4n) is 3.07. The Morgan fingerprint density at radius 2 is 1.03 bits per heavy atom. The third-order valence-corrected chi connectivity index (χ3v) is 5.76. The number of imide groups is 2. The predicted octanol–water partition coefficient (Wildman–Crippen LogP) is 0.292. The van der Waals surface area contributed by atoms with Gasteiger partial charge in [-0.15, -0.1) is 7.77 Å². The number of hydrogen-bond donors (Lipinski definition) is 0. The number of piperidine rings is 1. The minimum atomic E-state index is -4.95. The van der Waals surface area contributed by atoms with E-state index in [1.807, 2.05) is 0 Å². The summed E-state index contributed by atoms with van der Waals surface area (Å²) in [5.74, 6) is -6.06. The first-order chi connectivity index (χ1) is 14.7. The lowest BCUT2D eigenvalue weighted by Gasteiger charge is -2.27. The molecule has 1 aliphatic carbocycles. The van der Waals surface area contributed by atoms with Crippen molar-refractivity contribution in [3.8, 4) is 0 Å². The van der Waals surface area contributed by atoms with Crippen molar-refractivity contribution in [3.63, 3.8) is 0 Å². The summed E-state index contributed by atoms with van der Waals surface area (Å²) in [5, 5.41) is 0. The van der Waals surface area contributed by atoms with Crippen molar-refractivity contribution in [2.75, 3.05) is 24.6 Å². The number of carbonyl (C=O) groups is 4. The number of carbonyl (C=O) groups excluding carboxylic acids is 4. The molecule has 0 saturated carbocycles. The van der Waals surface area contributed by atoms with Gasteiger partial charge in [0.25, 0.3) is 23.6 Å². The number of fused-ring (bicyclic) bond motifs is 2. The molecule has 2 bridgehead atoms. The average Bonchev–Trinajstić information content (AvgIpc) is 2.80. The van der Waals surface area contributed by atoms with Crippen LogP contribution in [0.15, 0.2) is 34.4 Å². The van der Waals surface area contributed by atoms with Crippen LogP contribution in [0.5, 0.6) is 0 Å². The number of likely N-dealkylation sites (tertiary alicyclic amines) is 1. The zero-order valence-corrected chi connectivity index (χ0v) is 18.8.